The summed E-state index contributed by atoms with van der Waals surface area (Å²) in [5, 5.41) is 0.521. The zero-order valence-electron chi connectivity index (χ0n) is 13.3. The summed E-state index contributed by atoms with van der Waals surface area (Å²) in [5.41, 5.74) is 0.917. The quantitative estimate of drug-likeness (QED) is 0.711. The fraction of sp³-hybridized carbons (Fsp3) is 0.250. The topological polar surface area (TPSA) is 62.2 Å². The van der Waals surface area contributed by atoms with Gasteiger partial charge in [0.25, 0.3) is 5.91 Å². The van der Waals surface area contributed by atoms with E-state index in [1.807, 2.05) is 19.0 Å². The lowest BCUT2D eigenvalue weighted by molar-refractivity contribution is 0.0980. The fourth-order valence-electron chi connectivity index (χ4n) is 2.13. The monoisotopic (exact) mass is 345 g/mol. The van der Waals surface area contributed by atoms with Gasteiger partial charge in [0, 0.05) is 25.5 Å². The van der Waals surface area contributed by atoms with Crippen molar-refractivity contribution in [3.8, 4) is 0 Å². The lowest BCUT2D eigenvalue weighted by atomic mass is 10.3. The number of anilines is 1. The summed E-state index contributed by atoms with van der Waals surface area (Å²) >= 11 is 1.28. The van der Waals surface area contributed by atoms with Crippen LogP contribution in [-0.4, -0.2) is 52.9 Å². The normalized spacial score (nSPS) is 11.2. The minimum atomic E-state index is -0.321. The molecule has 0 saturated heterocycles. The summed E-state index contributed by atoms with van der Waals surface area (Å²) in [6, 6.07) is 4.40. The minimum Gasteiger partial charge on any atom is -0.308 e. The Kier molecular flexibility index (Phi) is 4.77. The van der Waals surface area contributed by atoms with Gasteiger partial charge in [0.15, 0.2) is 5.13 Å². The molecule has 0 saturated carbocycles. The number of hydrogen-bond donors (Lipinski definition) is 0. The van der Waals surface area contributed by atoms with E-state index >= 15 is 0 Å². The van der Waals surface area contributed by atoms with E-state index < -0.39 is 0 Å². The molecule has 2 aromatic heterocycles. The molecule has 24 heavy (non-hydrogen) atoms. The summed E-state index contributed by atoms with van der Waals surface area (Å²) in [5.74, 6) is -0.595. The largest absolute Gasteiger partial charge is 0.308 e. The molecule has 8 heteroatoms. The molecule has 0 fully saturated rings. The van der Waals surface area contributed by atoms with Crippen molar-refractivity contribution in [3.63, 3.8) is 0 Å². The second-order valence-electron chi connectivity index (χ2n) is 5.46. The molecule has 0 aliphatic rings. The number of hydrogen-bond acceptors (Lipinski definition) is 6. The summed E-state index contributed by atoms with van der Waals surface area (Å²) in [6.07, 6.45) is 4.42. The highest BCUT2D eigenvalue weighted by molar-refractivity contribution is 7.22. The van der Waals surface area contributed by atoms with E-state index in [-0.39, 0.29) is 17.4 Å². The van der Waals surface area contributed by atoms with Gasteiger partial charge in [-0.3, -0.25) is 14.7 Å². The van der Waals surface area contributed by atoms with Crippen LogP contribution >= 0.6 is 11.3 Å². The van der Waals surface area contributed by atoms with Gasteiger partial charge in [0.1, 0.15) is 11.5 Å². The molecule has 1 amide bonds. The van der Waals surface area contributed by atoms with E-state index in [9.17, 15) is 9.18 Å². The maximum atomic E-state index is 13.4. The molecule has 0 unspecified atom stereocenters. The number of carbonyl (C=O) groups excluding carboxylic acids is 1. The van der Waals surface area contributed by atoms with Crippen molar-refractivity contribution in [2.24, 2.45) is 0 Å². The number of aromatic nitrogens is 3. The van der Waals surface area contributed by atoms with Crippen LogP contribution in [0.15, 0.2) is 36.8 Å². The van der Waals surface area contributed by atoms with Crippen LogP contribution in [0.25, 0.3) is 10.2 Å². The smallest absolute Gasteiger partial charge is 0.280 e. The van der Waals surface area contributed by atoms with Crippen LogP contribution in [0.4, 0.5) is 9.52 Å². The minimum absolute atomic E-state index is 0.252. The molecule has 2 heterocycles. The van der Waals surface area contributed by atoms with E-state index in [1.165, 1.54) is 42.1 Å². The molecule has 0 aliphatic carbocycles. The SMILES string of the molecule is CN(C)CCN(C(=O)c1cnccn1)c1nc2ccc(F)cc2s1. The number of likely N-dealkylation sites (N-methyl/N-ethyl adjacent to an activating group) is 1. The number of halogens is 1. The predicted octanol–water partition coefficient (Wildman–Crippen LogP) is 2.43. The van der Waals surface area contributed by atoms with Gasteiger partial charge in [0.2, 0.25) is 0 Å². The Bertz CT molecular complexity index is 852. The van der Waals surface area contributed by atoms with E-state index in [0.29, 0.717) is 28.4 Å². The first-order valence-electron chi connectivity index (χ1n) is 7.33. The zero-order chi connectivity index (χ0) is 17.1. The van der Waals surface area contributed by atoms with Gasteiger partial charge in [-0.05, 0) is 32.3 Å². The molecule has 0 bridgehead atoms. The predicted molar refractivity (Wildman–Crippen MR) is 91.8 cm³/mol. The van der Waals surface area contributed by atoms with Crippen molar-refractivity contribution in [1.29, 1.82) is 0 Å². The van der Waals surface area contributed by atoms with Gasteiger partial charge in [-0.25, -0.2) is 14.4 Å². The van der Waals surface area contributed by atoms with Gasteiger partial charge in [0.05, 0.1) is 16.4 Å². The van der Waals surface area contributed by atoms with Crippen LogP contribution in [0.5, 0.6) is 0 Å². The molecule has 1 aromatic carbocycles. The Labute approximate surface area is 142 Å². The second-order valence-corrected chi connectivity index (χ2v) is 6.47. The highest BCUT2D eigenvalue weighted by atomic mass is 32.1. The third-order valence-electron chi connectivity index (χ3n) is 3.37. The van der Waals surface area contributed by atoms with Crippen LogP contribution in [-0.2, 0) is 0 Å². The van der Waals surface area contributed by atoms with Gasteiger partial charge >= 0.3 is 0 Å². The third-order valence-corrected chi connectivity index (χ3v) is 4.41. The number of carbonyl (C=O) groups is 1. The highest BCUT2D eigenvalue weighted by Gasteiger charge is 2.22. The second kappa shape index (κ2) is 6.98. The first-order valence-corrected chi connectivity index (χ1v) is 8.15. The molecule has 6 nitrogen and oxygen atoms in total. The van der Waals surface area contributed by atoms with Crippen molar-refractivity contribution >= 4 is 32.6 Å². The number of amides is 1. The molecule has 3 rings (SSSR count). The van der Waals surface area contributed by atoms with Gasteiger partial charge < -0.3 is 4.90 Å². The fourth-order valence-corrected chi connectivity index (χ4v) is 3.15. The van der Waals surface area contributed by atoms with Crippen LogP contribution < -0.4 is 4.90 Å². The molecular formula is C16H16FN5OS. The first kappa shape index (κ1) is 16.4. The van der Waals surface area contributed by atoms with E-state index in [1.54, 1.807) is 11.0 Å². The van der Waals surface area contributed by atoms with Gasteiger partial charge in [-0.15, -0.1) is 0 Å². The maximum absolute atomic E-state index is 13.4. The van der Waals surface area contributed by atoms with Gasteiger partial charge in [-0.2, -0.15) is 0 Å². The lowest BCUT2D eigenvalue weighted by Crippen LogP contribution is -2.37. The molecule has 0 aliphatic heterocycles. The number of rotatable bonds is 5. The Hall–Kier alpha value is -2.45. The number of thiazole rings is 1. The highest BCUT2D eigenvalue weighted by Crippen LogP contribution is 2.30. The number of nitrogens with zero attached hydrogens (tertiary/aromatic N) is 5. The van der Waals surface area contributed by atoms with Crippen molar-refractivity contribution < 1.29 is 9.18 Å². The Morgan fingerprint density at radius 2 is 2.08 bits per heavy atom. The van der Waals surface area contributed by atoms with E-state index in [2.05, 4.69) is 15.0 Å². The summed E-state index contributed by atoms with van der Waals surface area (Å²) in [4.78, 5) is 28.8. The Balaban J connectivity index is 1.97. The zero-order valence-corrected chi connectivity index (χ0v) is 14.1. The molecule has 3 aromatic rings. The molecule has 0 radical (unpaired) electrons. The lowest BCUT2D eigenvalue weighted by Gasteiger charge is -2.21. The summed E-state index contributed by atoms with van der Waals surface area (Å²) in [6.45, 7) is 1.11. The van der Waals surface area contributed by atoms with Crippen molar-refractivity contribution in [3.05, 3.63) is 48.3 Å². The molecular weight excluding hydrogens is 329 g/mol. The average molecular weight is 345 g/mol. The average Bonchev–Trinajstić information content (AvgIpc) is 2.98. The Morgan fingerprint density at radius 3 is 2.79 bits per heavy atom. The first-order chi connectivity index (χ1) is 11.5. The van der Waals surface area contributed by atoms with E-state index in [4.69, 9.17) is 0 Å². The standard InChI is InChI=1S/C16H16FN5OS/c1-21(2)7-8-22(15(23)13-10-18-5-6-19-13)16-20-12-4-3-11(17)9-14(12)24-16/h3-6,9-10H,7-8H2,1-2H3. The van der Waals surface area contributed by atoms with Crippen LogP contribution in [0.3, 0.4) is 0 Å². The number of benzene rings is 1. The molecule has 124 valence electrons. The number of fused-ring (bicyclic) bond motifs is 1. The van der Waals surface area contributed by atoms with Crippen LogP contribution in [0.1, 0.15) is 10.5 Å². The third kappa shape index (κ3) is 3.55. The van der Waals surface area contributed by atoms with Crippen LogP contribution in [0, 0.1) is 5.82 Å². The molecule has 0 spiro atoms. The van der Waals surface area contributed by atoms with Crippen molar-refractivity contribution in [2.75, 3.05) is 32.1 Å². The Morgan fingerprint density at radius 1 is 1.25 bits per heavy atom. The summed E-state index contributed by atoms with van der Waals surface area (Å²) < 4.78 is 14.1. The molecule has 0 N–H and O–H groups in total. The van der Waals surface area contributed by atoms with Crippen LogP contribution in [0.2, 0.25) is 0 Å². The molecule has 0 atom stereocenters. The van der Waals surface area contributed by atoms with E-state index in [0.717, 1.165) is 0 Å². The maximum Gasteiger partial charge on any atom is 0.280 e. The van der Waals surface area contributed by atoms with Gasteiger partial charge in [-0.1, -0.05) is 11.3 Å². The van der Waals surface area contributed by atoms with Crippen molar-refractivity contribution in [2.45, 2.75) is 0 Å². The summed E-state index contributed by atoms with van der Waals surface area (Å²) in [7, 11) is 3.86. The van der Waals surface area contributed by atoms with Crippen molar-refractivity contribution in [1.82, 2.24) is 19.9 Å².